The fourth-order valence-electron chi connectivity index (χ4n) is 3.09. The molecule has 5 heteroatoms. The summed E-state index contributed by atoms with van der Waals surface area (Å²) in [5.74, 6) is -0.105. The summed E-state index contributed by atoms with van der Waals surface area (Å²) in [6.45, 7) is 4.35. The van der Waals surface area contributed by atoms with Gasteiger partial charge in [0.1, 0.15) is 25.7 Å². The van der Waals surface area contributed by atoms with Gasteiger partial charge in [-0.2, -0.15) is 0 Å². The summed E-state index contributed by atoms with van der Waals surface area (Å²) in [5, 5.41) is 3.80. The van der Waals surface area contributed by atoms with E-state index in [-0.39, 0.29) is 11.9 Å². The highest BCUT2D eigenvalue weighted by Crippen LogP contribution is 2.13. The van der Waals surface area contributed by atoms with Crippen LogP contribution in [0.15, 0.2) is 60.7 Å². The molecule has 0 bridgehead atoms. The monoisotopic (exact) mass is 371 g/mol. The molecule has 2 aromatic carbocycles. The number of nitrogens with one attached hydrogen (secondary N) is 2. The van der Waals surface area contributed by atoms with Gasteiger partial charge in [0.15, 0.2) is 0 Å². The molecule has 1 aliphatic rings. The smallest absolute Gasteiger partial charge is 0.244 e. The van der Waals surface area contributed by atoms with E-state index in [2.05, 4.69) is 17.4 Å². The van der Waals surface area contributed by atoms with Gasteiger partial charge in [-0.1, -0.05) is 54.1 Å². The number of amides is 1. The minimum Gasteiger partial charge on any atom is -0.370 e. The summed E-state index contributed by atoms with van der Waals surface area (Å²) >= 11 is 5.99. The Hall–Kier alpha value is -2.14. The van der Waals surface area contributed by atoms with Gasteiger partial charge < -0.3 is 15.0 Å². The van der Waals surface area contributed by atoms with Gasteiger partial charge in [0, 0.05) is 11.1 Å². The summed E-state index contributed by atoms with van der Waals surface area (Å²) in [5.41, 5.74) is 2.03. The minimum absolute atomic E-state index is 0.0270. The molecule has 0 spiro atoms. The third kappa shape index (κ3) is 5.70. The fourth-order valence-corrected chi connectivity index (χ4v) is 3.29. The summed E-state index contributed by atoms with van der Waals surface area (Å²) < 4.78 is 5.44. The maximum absolute atomic E-state index is 12.5. The Morgan fingerprint density at radius 1 is 1.15 bits per heavy atom. The van der Waals surface area contributed by atoms with Crippen LogP contribution in [0.4, 0.5) is 0 Å². The largest absolute Gasteiger partial charge is 0.370 e. The van der Waals surface area contributed by atoms with Crippen molar-refractivity contribution in [2.24, 2.45) is 0 Å². The number of benzene rings is 2. The predicted molar refractivity (Wildman–Crippen MR) is 104 cm³/mol. The lowest BCUT2D eigenvalue weighted by Crippen LogP contribution is -3.14. The van der Waals surface area contributed by atoms with Crippen molar-refractivity contribution < 1.29 is 14.4 Å². The van der Waals surface area contributed by atoms with E-state index in [1.54, 1.807) is 12.2 Å². The molecule has 2 N–H and O–H groups in total. The Labute approximate surface area is 159 Å². The summed E-state index contributed by atoms with van der Waals surface area (Å²) in [6.07, 6.45) is 3.35. The number of halogens is 1. The molecule has 136 valence electrons. The number of carbonyl (C=O) groups is 1. The quantitative estimate of drug-likeness (QED) is 0.764. The third-order valence-electron chi connectivity index (χ3n) is 4.49. The van der Waals surface area contributed by atoms with Crippen LogP contribution in [0.1, 0.15) is 17.2 Å². The Balaban J connectivity index is 1.67. The second kappa shape index (κ2) is 9.53. The van der Waals surface area contributed by atoms with E-state index >= 15 is 0 Å². The van der Waals surface area contributed by atoms with Gasteiger partial charge in [0.2, 0.25) is 5.91 Å². The van der Waals surface area contributed by atoms with Crippen LogP contribution in [0.3, 0.4) is 0 Å². The molecule has 1 saturated heterocycles. The normalized spacial score (nSPS) is 16.5. The molecule has 0 aromatic heterocycles. The lowest BCUT2D eigenvalue weighted by molar-refractivity contribution is -0.909. The zero-order valence-electron chi connectivity index (χ0n) is 14.7. The number of rotatable bonds is 6. The first-order valence-corrected chi connectivity index (χ1v) is 9.29. The van der Waals surface area contributed by atoms with E-state index in [1.165, 1.54) is 4.90 Å². The molecule has 0 aliphatic carbocycles. The zero-order valence-corrected chi connectivity index (χ0v) is 15.4. The molecule has 0 unspecified atom stereocenters. The van der Waals surface area contributed by atoms with E-state index in [9.17, 15) is 4.79 Å². The first kappa shape index (κ1) is 18.6. The number of morpholine rings is 1. The molecule has 1 fully saturated rings. The van der Waals surface area contributed by atoms with Crippen molar-refractivity contribution in [2.45, 2.75) is 6.04 Å². The topological polar surface area (TPSA) is 42.8 Å². The molecule has 1 heterocycles. The predicted octanol–water partition coefficient (Wildman–Crippen LogP) is 2.13. The maximum atomic E-state index is 12.5. The van der Waals surface area contributed by atoms with Crippen molar-refractivity contribution in [3.63, 3.8) is 0 Å². The van der Waals surface area contributed by atoms with E-state index in [0.29, 0.717) is 5.02 Å². The molecular weight excluding hydrogens is 348 g/mol. The average molecular weight is 372 g/mol. The van der Waals surface area contributed by atoms with Crippen molar-refractivity contribution in [3.05, 3.63) is 76.8 Å². The van der Waals surface area contributed by atoms with Crippen molar-refractivity contribution in [1.29, 1.82) is 0 Å². The van der Waals surface area contributed by atoms with Crippen molar-refractivity contribution in [3.8, 4) is 0 Å². The fraction of sp³-hybridized carbons (Fsp3) is 0.286. The Morgan fingerprint density at radius 3 is 2.65 bits per heavy atom. The number of hydrogen-bond acceptors (Lipinski definition) is 2. The van der Waals surface area contributed by atoms with E-state index in [4.69, 9.17) is 16.3 Å². The van der Waals surface area contributed by atoms with Gasteiger partial charge in [0.05, 0.1) is 13.2 Å². The molecule has 3 rings (SSSR count). The molecule has 1 atom stereocenters. The number of ether oxygens (including phenoxy) is 1. The van der Waals surface area contributed by atoms with Crippen LogP contribution in [0.5, 0.6) is 0 Å². The van der Waals surface area contributed by atoms with Crippen molar-refractivity contribution >= 4 is 23.6 Å². The SMILES string of the molecule is O=C(/C=C/c1cccc(Cl)c1)N[C@@H](C[NH+]1CCOCC1)c1ccccc1. The summed E-state index contributed by atoms with van der Waals surface area (Å²) in [6, 6.07) is 17.5. The van der Waals surface area contributed by atoms with Crippen LogP contribution in [0, 0.1) is 0 Å². The highest BCUT2D eigenvalue weighted by Gasteiger charge is 2.22. The maximum Gasteiger partial charge on any atom is 0.244 e. The molecule has 1 amide bonds. The van der Waals surface area contributed by atoms with Gasteiger partial charge in [0.25, 0.3) is 0 Å². The van der Waals surface area contributed by atoms with Crippen LogP contribution in [0.2, 0.25) is 5.02 Å². The lowest BCUT2D eigenvalue weighted by Gasteiger charge is -2.28. The Kier molecular flexibility index (Phi) is 6.83. The van der Waals surface area contributed by atoms with Gasteiger partial charge in [-0.25, -0.2) is 0 Å². The molecule has 1 aliphatic heterocycles. The zero-order chi connectivity index (χ0) is 18.2. The Bertz CT molecular complexity index is 743. The molecule has 0 saturated carbocycles. The number of quaternary nitrogens is 1. The van der Waals surface area contributed by atoms with Crippen LogP contribution in [-0.4, -0.2) is 38.8 Å². The van der Waals surface area contributed by atoms with Crippen LogP contribution in [-0.2, 0) is 9.53 Å². The summed E-state index contributed by atoms with van der Waals surface area (Å²) in [7, 11) is 0. The minimum atomic E-state index is -0.105. The highest BCUT2D eigenvalue weighted by molar-refractivity contribution is 6.30. The standard InChI is InChI=1S/C21H23ClN2O2/c22-19-8-4-5-17(15-19)9-10-21(25)23-20(18-6-2-1-3-7-18)16-24-11-13-26-14-12-24/h1-10,15,20H,11-14,16H2,(H,23,25)/p+1/b10-9+/t20-/m0/s1. The Morgan fingerprint density at radius 2 is 1.92 bits per heavy atom. The highest BCUT2D eigenvalue weighted by atomic mass is 35.5. The second-order valence-electron chi connectivity index (χ2n) is 6.43. The van der Waals surface area contributed by atoms with Gasteiger partial charge in [-0.15, -0.1) is 0 Å². The lowest BCUT2D eigenvalue weighted by atomic mass is 10.1. The number of carbonyl (C=O) groups excluding carboxylic acids is 1. The van der Waals surface area contributed by atoms with Crippen LogP contribution in [0.25, 0.3) is 6.08 Å². The van der Waals surface area contributed by atoms with E-state index in [0.717, 1.165) is 44.0 Å². The van der Waals surface area contributed by atoms with Gasteiger partial charge >= 0.3 is 0 Å². The molecule has 26 heavy (non-hydrogen) atoms. The van der Waals surface area contributed by atoms with Crippen molar-refractivity contribution in [1.82, 2.24) is 5.32 Å². The molecule has 0 radical (unpaired) electrons. The molecule has 4 nitrogen and oxygen atoms in total. The van der Waals surface area contributed by atoms with Crippen LogP contribution >= 0.6 is 11.6 Å². The first-order chi connectivity index (χ1) is 12.7. The molecular formula is C21H24ClN2O2+. The van der Waals surface area contributed by atoms with Gasteiger partial charge in [-0.05, 0) is 29.3 Å². The average Bonchev–Trinajstić information content (AvgIpc) is 2.67. The third-order valence-corrected chi connectivity index (χ3v) is 4.72. The summed E-state index contributed by atoms with van der Waals surface area (Å²) in [4.78, 5) is 13.9. The second-order valence-corrected chi connectivity index (χ2v) is 6.86. The van der Waals surface area contributed by atoms with E-state index in [1.807, 2.05) is 42.5 Å². The first-order valence-electron chi connectivity index (χ1n) is 8.91. The van der Waals surface area contributed by atoms with E-state index < -0.39 is 0 Å². The van der Waals surface area contributed by atoms with Crippen molar-refractivity contribution in [2.75, 3.05) is 32.8 Å². The van der Waals surface area contributed by atoms with Crippen LogP contribution < -0.4 is 10.2 Å². The van der Waals surface area contributed by atoms with Gasteiger partial charge in [-0.3, -0.25) is 4.79 Å². The molecule has 2 aromatic rings. The number of hydrogen-bond donors (Lipinski definition) is 2.